The Hall–Kier alpha value is -0.800. The van der Waals surface area contributed by atoms with Gasteiger partial charge in [0, 0.05) is 29.2 Å². The summed E-state index contributed by atoms with van der Waals surface area (Å²) < 4.78 is 0. The van der Waals surface area contributed by atoms with Gasteiger partial charge >= 0.3 is 0 Å². The van der Waals surface area contributed by atoms with E-state index in [-0.39, 0.29) is 11.8 Å². The van der Waals surface area contributed by atoms with Gasteiger partial charge in [-0.1, -0.05) is 38.1 Å². The number of hydrogen-bond donors (Lipinski definition) is 0. The number of rotatable bonds is 4. The fourth-order valence-corrected chi connectivity index (χ4v) is 3.92. The maximum absolute atomic E-state index is 12.6. The van der Waals surface area contributed by atoms with E-state index in [0.717, 1.165) is 24.3 Å². The maximum Gasteiger partial charge on any atom is 0.179 e. The highest BCUT2D eigenvalue weighted by Gasteiger charge is 2.32. The second-order valence-electron chi connectivity index (χ2n) is 5.65. The number of carbonyl (C=O) groups excluding carboxylic acids is 1. The van der Waals surface area contributed by atoms with Crippen LogP contribution in [0.3, 0.4) is 0 Å². The van der Waals surface area contributed by atoms with E-state index in [0.29, 0.717) is 11.3 Å². The van der Waals surface area contributed by atoms with Crippen LogP contribution in [0, 0.1) is 0 Å². The summed E-state index contributed by atoms with van der Waals surface area (Å²) in [5.41, 5.74) is 2.12. The first-order valence-electron chi connectivity index (χ1n) is 7.55. The molecule has 2 nitrogen and oxygen atoms in total. The van der Waals surface area contributed by atoms with Crippen LogP contribution >= 0.6 is 11.8 Å². The lowest BCUT2D eigenvalue weighted by Crippen LogP contribution is -2.51. The first kappa shape index (κ1) is 15.6. The number of aryl methyl sites for hydroxylation is 1. The Labute approximate surface area is 126 Å². The molecule has 1 aromatic carbocycles. The van der Waals surface area contributed by atoms with Crippen LogP contribution in [0.1, 0.15) is 43.6 Å². The van der Waals surface area contributed by atoms with Crippen LogP contribution in [0.25, 0.3) is 0 Å². The molecule has 1 fully saturated rings. The highest BCUT2D eigenvalue weighted by molar-refractivity contribution is 8.00. The van der Waals surface area contributed by atoms with Crippen molar-refractivity contribution in [2.75, 3.05) is 12.3 Å². The van der Waals surface area contributed by atoms with Gasteiger partial charge in [-0.2, -0.15) is 11.8 Å². The van der Waals surface area contributed by atoms with E-state index < -0.39 is 0 Å². The van der Waals surface area contributed by atoms with Crippen molar-refractivity contribution in [3.8, 4) is 0 Å². The molecule has 0 saturated carbocycles. The minimum absolute atomic E-state index is 0.0270. The summed E-state index contributed by atoms with van der Waals surface area (Å²) in [6.07, 6.45) is 1.02. The van der Waals surface area contributed by atoms with Crippen molar-refractivity contribution in [2.45, 2.75) is 51.4 Å². The summed E-state index contributed by atoms with van der Waals surface area (Å²) in [6, 6.07) is 8.52. The molecule has 0 aromatic heterocycles. The number of carbonyl (C=O) groups is 1. The predicted molar refractivity (Wildman–Crippen MR) is 87.7 cm³/mol. The first-order chi connectivity index (χ1) is 9.54. The highest BCUT2D eigenvalue weighted by Crippen LogP contribution is 2.26. The number of ketones is 1. The number of nitrogens with zero attached hydrogens (tertiary/aromatic N) is 1. The summed E-state index contributed by atoms with van der Waals surface area (Å²) in [7, 11) is 0. The fourth-order valence-electron chi connectivity index (χ4n) is 2.80. The zero-order chi connectivity index (χ0) is 14.7. The van der Waals surface area contributed by atoms with Crippen molar-refractivity contribution in [1.29, 1.82) is 0 Å². The largest absolute Gasteiger partial charge is 0.292 e. The Balaban J connectivity index is 2.10. The van der Waals surface area contributed by atoms with Crippen LogP contribution in [0.5, 0.6) is 0 Å². The minimum Gasteiger partial charge on any atom is -0.292 e. The van der Waals surface area contributed by atoms with Crippen LogP contribution < -0.4 is 0 Å². The molecule has 0 radical (unpaired) electrons. The van der Waals surface area contributed by atoms with Gasteiger partial charge in [-0.3, -0.25) is 9.69 Å². The molecule has 3 heteroatoms. The SMILES string of the molecule is CCc1ccc(C(=O)C(C)N2CCSC(C)C2C)cc1. The summed E-state index contributed by atoms with van der Waals surface area (Å²) >= 11 is 2.01. The van der Waals surface area contributed by atoms with Crippen LogP contribution in [0.15, 0.2) is 24.3 Å². The molecule has 3 atom stereocenters. The second kappa shape index (κ2) is 6.77. The van der Waals surface area contributed by atoms with E-state index in [4.69, 9.17) is 0 Å². The molecule has 0 aliphatic carbocycles. The third-order valence-corrected chi connectivity index (χ3v) is 5.79. The first-order valence-corrected chi connectivity index (χ1v) is 8.60. The molecule has 3 unspecified atom stereocenters. The van der Waals surface area contributed by atoms with E-state index in [1.165, 1.54) is 5.56 Å². The van der Waals surface area contributed by atoms with Crippen LogP contribution in [-0.4, -0.2) is 40.3 Å². The standard InChI is InChI=1S/C17H25NOS/c1-5-15-6-8-16(9-7-15)17(19)13(3)18-10-11-20-14(4)12(18)2/h6-9,12-14H,5,10-11H2,1-4H3. The topological polar surface area (TPSA) is 20.3 Å². The Morgan fingerprint density at radius 1 is 1.35 bits per heavy atom. The van der Waals surface area contributed by atoms with E-state index >= 15 is 0 Å². The third-order valence-electron chi connectivity index (χ3n) is 4.46. The molecule has 110 valence electrons. The Morgan fingerprint density at radius 2 is 2.00 bits per heavy atom. The van der Waals surface area contributed by atoms with Gasteiger partial charge in [-0.25, -0.2) is 0 Å². The second-order valence-corrected chi connectivity index (χ2v) is 7.13. The van der Waals surface area contributed by atoms with Gasteiger partial charge in [0.1, 0.15) is 0 Å². The van der Waals surface area contributed by atoms with Gasteiger partial charge in [0.25, 0.3) is 0 Å². The van der Waals surface area contributed by atoms with E-state index in [1.807, 2.05) is 23.9 Å². The number of Topliss-reactive ketones (excluding diaryl/α,β-unsaturated/α-hetero) is 1. The Bertz CT molecular complexity index is 457. The van der Waals surface area contributed by atoms with E-state index in [9.17, 15) is 4.79 Å². The van der Waals surface area contributed by atoms with Gasteiger partial charge in [0.2, 0.25) is 0 Å². The third kappa shape index (κ3) is 3.26. The number of thioether (sulfide) groups is 1. The van der Waals surface area contributed by atoms with Crippen molar-refractivity contribution in [2.24, 2.45) is 0 Å². The van der Waals surface area contributed by atoms with Gasteiger partial charge < -0.3 is 0 Å². The molecular weight excluding hydrogens is 266 g/mol. The van der Waals surface area contributed by atoms with E-state index in [2.05, 4.69) is 44.7 Å². The Morgan fingerprint density at radius 3 is 2.60 bits per heavy atom. The summed E-state index contributed by atoms with van der Waals surface area (Å²) in [4.78, 5) is 15.0. The molecular formula is C17H25NOS. The number of benzene rings is 1. The molecule has 1 heterocycles. The summed E-state index contributed by atoms with van der Waals surface area (Å²) in [6.45, 7) is 9.69. The zero-order valence-corrected chi connectivity index (χ0v) is 13.7. The molecule has 1 saturated heterocycles. The lowest BCUT2D eigenvalue weighted by Gasteiger charge is -2.40. The molecule has 20 heavy (non-hydrogen) atoms. The predicted octanol–water partition coefficient (Wildman–Crippen LogP) is 3.65. The average molecular weight is 291 g/mol. The van der Waals surface area contributed by atoms with Crippen molar-refractivity contribution >= 4 is 17.5 Å². The van der Waals surface area contributed by atoms with E-state index in [1.54, 1.807) is 0 Å². The summed E-state index contributed by atoms with van der Waals surface area (Å²) in [5.74, 6) is 1.37. The average Bonchev–Trinajstić information content (AvgIpc) is 2.48. The fraction of sp³-hybridized carbons (Fsp3) is 0.588. The zero-order valence-electron chi connectivity index (χ0n) is 12.9. The van der Waals surface area contributed by atoms with Crippen LogP contribution in [-0.2, 0) is 6.42 Å². The van der Waals surface area contributed by atoms with Crippen molar-refractivity contribution in [1.82, 2.24) is 4.90 Å². The summed E-state index contributed by atoms with van der Waals surface area (Å²) in [5, 5.41) is 0.599. The molecule has 2 rings (SSSR count). The quantitative estimate of drug-likeness (QED) is 0.790. The number of hydrogen-bond acceptors (Lipinski definition) is 3. The molecule has 0 bridgehead atoms. The van der Waals surface area contributed by atoms with Crippen LogP contribution in [0.2, 0.25) is 0 Å². The Kier molecular flexibility index (Phi) is 5.28. The lowest BCUT2D eigenvalue weighted by atomic mass is 10.0. The molecule has 1 aliphatic rings. The lowest BCUT2D eigenvalue weighted by molar-refractivity contribution is 0.0781. The van der Waals surface area contributed by atoms with Crippen molar-refractivity contribution in [3.63, 3.8) is 0 Å². The monoisotopic (exact) mass is 291 g/mol. The molecule has 0 N–H and O–H groups in total. The molecule has 0 spiro atoms. The van der Waals surface area contributed by atoms with Crippen LogP contribution in [0.4, 0.5) is 0 Å². The van der Waals surface area contributed by atoms with Crippen molar-refractivity contribution in [3.05, 3.63) is 35.4 Å². The van der Waals surface area contributed by atoms with Gasteiger partial charge in [0.05, 0.1) is 6.04 Å². The minimum atomic E-state index is -0.0270. The molecule has 0 amide bonds. The highest BCUT2D eigenvalue weighted by atomic mass is 32.2. The smallest absolute Gasteiger partial charge is 0.179 e. The van der Waals surface area contributed by atoms with Gasteiger partial charge in [0.15, 0.2) is 5.78 Å². The van der Waals surface area contributed by atoms with Gasteiger partial charge in [-0.05, 0) is 25.8 Å². The van der Waals surface area contributed by atoms with Crippen molar-refractivity contribution < 1.29 is 4.79 Å². The normalized spacial score (nSPS) is 25.4. The maximum atomic E-state index is 12.6. The van der Waals surface area contributed by atoms with Gasteiger partial charge in [-0.15, -0.1) is 0 Å². The molecule has 1 aliphatic heterocycles. The molecule has 1 aromatic rings.